The molecule has 0 aliphatic heterocycles. The fourth-order valence-corrected chi connectivity index (χ4v) is 4.62. The zero-order chi connectivity index (χ0) is 19.5. The van der Waals surface area contributed by atoms with Crippen molar-refractivity contribution in [3.8, 4) is 11.3 Å². The minimum atomic E-state index is -0.167. The van der Waals surface area contributed by atoms with Crippen LogP contribution in [-0.2, 0) is 11.3 Å². The van der Waals surface area contributed by atoms with Crippen LogP contribution >= 0.6 is 34.3 Å². The smallest absolute Gasteiger partial charge is 0.244 e. The van der Waals surface area contributed by atoms with E-state index in [0.29, 0.717) is 11.6 Å². The summed E-state index contributed by atoms with van der Waals surface area (Å²) in [6, 6.07) is 15.5. The van der Waals surface area contributed by atoms with Gasteiger partial charge in [0.2, 0.25) is 5.91 Å². The van der Waals surface area contributed by atoms with Gasteiger partial charge in [0.1, 0.15) is 10.0 Å². The third kappa shape index (κ3) is 4.30. The number of amides is 1. The Hall–Kier alpha value is -2.54. The van der Waals surface area contributed by atoms with Crippen molar-refractivity contribution in [1.29, 1.82) is 0 Å². The molecule has 1 N–H and O–H groups in total. The summed E-state index contributed by atoms with van der Waals surface area (Å²) in [5.41, 5.74) is 2.89. The van der Waals surface area contributed by atoms with Gasteiger partial charge in [-0.15, -0.1) is 22.7 Å². The zero-order valence-electron chi connectivity index (χ0n) is 15.0. The number of hydrogen-bond acceptors (Lipinski definition) is 5. The van der Waals surface area contributed by atoms with Crippen LogP contribution in [0, 0.1) is 6.92 Å². The predicted molar refractivity (Wildman–Crippen MR) is 118 cm³/mol. The fraction of sp³-hybridized carbons (Fsp3) is 0.0952. The molecule has 7 heteroatoms. The molecule has 2 aromatic carbocycles. The molecule has 140 valence electrons. The summed E-state index contributed by atoms with van der Waals surface area (Å²) in [5.74, 6) is -0.167. The maximum absolute atomic E-state index is 12.1. The van der Waals surface area contributed by atoms with E-state index >= 15 is 0 Å². The lowest BCUT2D eigenvalue weighted by Crippen LogP contribution is -2.20. The second-order valence-electron chi connectivity index (χ2n) is 6.09. The second kappa shape index (κ2) is 8.22. The summed E-state index contributed by atoms with van der Waals surface area (Å²) in [6.45, 7) is 2.42. The van der Waals surface area contributed by atoms with Crippen molar-refractivity contribution < 1.29 is 4.79 Å². The quantitative estimate of drug-likeness (QED) is 0.416. The Morgan fingerprint density at radius 1 is 1.11 bits per heavy atom. The lowest BCUT2D eigenvalue weighted by Gasteiger charge is -1.99. The first-order valence-corrected chi connectivity index (χ1v) is 10.6. The standard InChI is InChI=1S/C21H16ClN3OS2/c1-13-21(14-6-8-15(22)9-7-14)25-20(27-13)12-23-18(26)10-11-19-24-16-4-2-3-5-17(16)28-19/h2-11H,12H2,1H3,(H,23,26)/b11-10+. The van der Waals surface area contributed by atoms with E-state index in [4.69, 9.17) is 11.6 Å². The van der Waals surface area contributed by atoms with E-state index in [1.807, 2.05) is 55.5 Å². The molecule has 1 amide bonds. The third-order valence-corrected chi connectivity index (χ3v) is 6.28. The lowest BCUT2D eigenvalue weighted by molar-refractivity contribution is -0.116. The summed E-state index contributed by atoms with van der Waals surface area (Å²) >= 11 is 9.09. The number of benzene rings is 2. The summed E-state index contributed by atoms with van der Waals surface area (Å²) < 4.78 is 1.11. The summed E-state index contributed by atoms with van der Waals surface area (Å²) in [5, 5.41) is 5.26. The molecular weight excluding hydrogens is 410 g/mol. The minimum absolute atomic E-state index is 0.167. The van der Waals surface area contributed by atoms with Crippen LogP contribution in [0.3, 0.4) is 0 Å². The Bertz CT molecular complexity index is 1130. The van der Waals surface area contributed by atoms with Crippen LogP contribution < -0.4 is 5.32 Å². The molecule has 0 bridgehead atoms. The monoisotopic (exact) mass is 425 g/mol. The molecule has 0 aliphatic rings. The van der Waals surface area contributed by atoms with Gasteiger partial charge in [-0.05, 0) is 37.3 Å². The zero-order valence-corrected chi connectivity index (χ0v) is 17.4. The largest absolute Gasteiger partial charge is 0.346 e. The predicted octanol–water partition coefficient (Wildman–Crippen LogP) is 5.71. The Labute approximate surface area is 175 Å². The van der Waals surface area contributed by atoms with Crippen molar-refractivity contribution in [2.45, 2.75) is 13.5 Å². The average molecular weight is 426 g/mol. The molecule has 4 aromatic rings. The molecule has 0 aliphatic carbocycles. The second-order valence-corrected chi connectivity index (χ2v) is 8.88. The topological polar surface area (TPSA) is 54.9 Å². The van der Waals surface area contributed by atoms with E-state index in [-0.39, 0.29) is 5.91 Å². The van der Waals surface area contributed by atoms with Gasteiger partial charge >= 0.3 is 0 Å². The number of rotatable bonds is 5. The molecule has 0 unspecified atom stereocenters. The first-order valence-electron chi connectivity index (χ1n) is 8.62. The van der Waals surface area contributed by atoms with Gasteiger partial charge < -0.3 is 5.32 Å². The number of nitrogens with one attached hydrogen (secondary N) is 1. The summed E-state index contributed by atoms with van der Waals surface area (Å²) in [7, 11) is 0. The van der Waals surface area contributed by atoms with E-state index in [0.717, 1.165) is 36.4 Å². The summed E-state index contributed by atoms with van der Waals surface area (Å²) in [6.07, 6.45) is 3.25. The molecule has 0 saturated carbocycles. The van der Waals surface area contributed by atoms with E-state index in [1.165, 1.54) is 6.08 Å². The van der Waals surface area contributed by atoms with Gasteiger partial charge in [0.25, 0.3) is 0 Å². The van der Waals surface area contributed by atoms with E-state index < -0.39 is 0 Å². The number of halogens is 1. The number of nitrogens with zero attached hydrogens (tertiary/aromatic N) is 2. The summed E-state index contributed by atoms with van der Waals surface area (Å²) in [4.78, 5) is 22.4. The van der Waals surface area contributed by atoms with Crippen molar-refractivity contribution in [3.63, 3.8) is 0 Å². The Balaban J connectivity index is 1.39. The number of thiazole rings is 2. The number of hydrogen-bond donors (Lipinski definition) is 1. The Morgan fingerprint density at radius 3 is 2.68 bits per heavy atom. The van der Waals surface area contributed by atoms with E-state index in [9.17, 15) is 4.79 Å². The van der Waals surface area contributed by atoms with Gasteiger partial charge in [0.15, 0.2) is 0 Å². The van der Waals surface area contributed by atoms with Crippen molar-refractivity contribution in [2.75, 3.05) is 0 Å². The molecular formula is C21H16ClN3OS2. The Morgan fingerprint density at radius 2 is 1.89 bits per heavy atom. The molecule has 0 saturated heterocycles. The van der Waals surface area contributed by atoms with Crippen molar-refractivity contribution in [2.24, 2.45) is 0 Å². The van der Waals surface area contributed by atoms with Gasteiger partial charge in [-0.25, -0.2) is 9.97 Å². The SMILES string of the molecule is Cc1sc(CNC(=O)/C=C/c2nc3ccccc3s2)nc1-c1ccc(Cl)cc1. The number of aromatic nitrogens is 2. The number of para-hydroxylation sites is 1. The molecule has 2 heterocycles. The highest BCUT2D eigenvalue weighted by atomic mass is 35.5. The number of fused-ring (bicyclic) bond motifs is 1. The number of carbonyl (C=O) groups is 1. The molecule has 0 spiro atoms. The lowest BCUT2D eigenvalue weighted by atomic mass is 10.1. The van der Waals surface area contributed by atoms with Gasteiger partial charge in [-0.3, -0.25) is 4.79 Å². The van der Waals surface area contributed by atoms with Crippen LogP contribution in [0.25, 0.3) is 27.6 Å². The molecule has 28 heavy (non-hydrogen) atoms. The van der Waals surface area contributed by atoms with Gasteiger partial charge in [-0.2, -0.15) is 0 Å². The van der Waals surface area contributed by atoms with Crippen molar-refractivity contribution >= 4 is 56.5 Å². The highest BCUT2D eigenvalue weighted by molar-refractivity contribution is 7.19. The number of carbonyl (C=O) groups excluding carboxylic acids is 1. The maximum atomic E-state index is 12.1. The van der Waals surface area contributed by atoms with Crippen LogP contribution in [0.15, 0.2) is 54.6 Å². The van der Waals surface area contributed by atoms with Crippen molar-refractivity contribution in [3.05, 3.63) is 74.5 Å². The van der Waals surface area contributed by atoms with Gasteiger partial charge in [0.05, 0.1) is 22.5 Å². The van der Waals surface area contributed by atoms with Crippen molar-refractivity contribution in [1.82, 2.24) is 15.3 Å². The number of aryl methyl sites for hydroxylation is 1. The molecule has 0 fully saturated rings. The Kier molecular flexibility index (Phi) is 5.52. The van der Waals surface area contributed by atoms with Crippen LogP contribution in [0.5, 0.6) is 0 Å². The highest BCUT2D eigenvalue weighted by Crippen LogP contribution is 2.28. The molecule has 4 nitrogen and oxygen atoms in total. The average Bonchev–Trinajstić information content (AvgIpc) is 3.28. The first-order chi connectivity index (χ1) is 13.6. The third-order valence-electron chi connectivity index (χ3n) is 4.06. The highest BCUT2D eigenvalue weighted by Gasteiger charge is 2.10. The van der Waals surface area contributed by atoms with Gasteiger partial charge in [0, 0.05) is 21.5 Å². The minimum Gasteiger partial charge on any atom is -0.346 e. The van der Waals surface area contributed by atoms with Crippen LogP contribution in [0.1, 0.15) is 14.9 Å². The normalized spacial score (nSPS) is 11.4. The van der Waals surface area contributed by atoms with E-state index in [2.05, 4.69) is 15.3 Å². The van der Waals surface area contributed by atoms with Gasteiger partial charge in [-0.1, -0.05) is 35.9 Å². The fourth-order valence-electron chi connectivity index (χ4n) is 2.73. The molecule has 0 radical (unpaired) electrons. The van der Waals surface area contributed by atoms with Crippen LogP contribution in [0.4, 0.5) is 0 Å². The maximum Gasteiger partial charge on any atom is 0.244 e. The first kappa shape index (κ1) is 18.8. The molecule has 2 aromatic heterocycles. The van der Waals surface area contributed by atoms with Crippen LogP contribution in [-0.4, -0.2) is 15.9 Å². The molecule has 0 atom stereocenters. The molecule has 4 rings (SSSR count). The van der Waals surface area contributed by atoms with Crippen LogP contribution in [0.2, 0.25) is 5.02 Å². The van der Waals surface area contributed by atoms with E-state index in [1.54, 1.807) is 28.7 Å².